The van der Waals surface area contributed by atoms with Gasteiger partial charge in [-0.25, -0.2) is 4.79 Å². The highest BCUT2D eigenvalue weighted by molar-refractivity contribution is 5.71. The van der Waals surface area contributed by atoms with Crippen molar-refractivity contribution < 1.29 is 14.3 Å². The molecule has 1 aromatic carbocycles. The van der Waals surface area contributed by atoms with E-state index in [1.54, 1.807) is 6.92 Å². The lowest BCUT2D eigenvalue weighted by atomic mass is 10.1. The molecule has 0 fully saturated rings. The summed E-state index contributed by atoms with van der Waals surface area (Å²) in [6.45, 7) is 4.24. The molecular formula is C14H21NO3. The van der Waals surface area contributed by atoms with Gasteiger partial charge in [0.2, 0.25) is 0 Å². The van der Waals surface area contributed by atoms with Gasteiger partial charge in [-0.15, -0.1) is 0 Å². The third kappa shape index (κ3) is 4.37. The molecule has 1 aromatic rings. The first-order valence-electron chi connectivity index (χ1n) is 6.26. The lowest BCUT2D eigenvalue weighted by Crippen LogP contribution is -2.16. The van der Waals surface area contributed by atoms with Crippen LogP contribution in [0.5, 0.6) is 5.75 Å². The first kappa shape index (κ1) is 14.5. The van der Waals surface area contributed by atoms with Crippen molar-refractivity contribution in [2.45, 2.75) is 26.3 Å². The molecule has 0 radical (unpaired) electrons. The summed E-state index contributed by atoms with van der Waals surface area (Å²) < 4.78 is 10.1. The van der Waals surface area contributed by atoms with Crippen molar-refractivity contribution in [3.05, 3.63) is 29.8 Å². The van der Waals surface area contributed by atoms with Crippen molar-refractivity contribution in [1.29, 1.82) is 0 Å². The normalized spacial score (nSPS) is 11.9. The van der Waals surface area contributed by atoms with Crippen LogP contribution in [0.2, 0.25) is 0 Å². The summed E-state index contributed by atoms with van der Waals surface area (Å²) in [7, 11) is 1.94. The van der Waals surface area contributed by atoms with E-state index in [2.05, 4.69) is 12.2 Å². The molecular weight excluding hydrogens is 230 g/mol. The standard InChI is InChI=1S/C14H21NO3/c1-4-13(15-3)11-6-8-12(9-7-11)18-10-14(16)17-5-2/h6-9,13,15H,4-5,10H2,1-3H3. The molecule has 0 aliphatic heterocycles. The molecule has 18 heavy (non-hydrogen) atoms. The summed E-state index contributed by atoms with van der Waals surface area (Å²) >= 11 is 0. The Labute approximate surface area is 108 Å². The van der Waals surface area contributed by atoms with Crippen molar-refractivity contribution in [3.8, 4) is 5.75 Å². The van der Waals surface area contributed by atoms with E-state index in [-0.39, 0.29) is 12.6 Å². The Balaban J connectivity index is 2.52. The molecule has 0 aliphatic rings. The van der Waals surface area contributed by atoms with Gasteiger partial charge < -0.3 is 14.8 Å². The highest BCUT2D eigenvalue weighted by Crippen LogP contribution is 2.19. The quantitative estimate of drug-likeness (QED) is 0.755. The maximum Gasteiger partial charge on any atom is 0.344 e. The van der Waals surface area contributed by atoms with Crippen LogP contribution in [0.1, 0.15) is 31.9 Å². The van der Waals surface area contributed by atoms with Crippen LogP contribution in [0.4, 0.5) is 0 Å². The molecule has 4 heteroatoms. The molecule has 0 heterocycles. The van der Waals surface area contributed by atoms with Crippen LogP contribution in [0.3, 0.4) is 0 Å². The van der Waals surface area contributed by atoms with Gasteiger partial charge in [0.05, 0.1) is 6.61 Å². The summed E-state index contributed by atoms with van der Waals surface area (Å²) in [5, 5.41) is 3.24. The fourth-order valence-corrected chi connectivity index (χ4v) is 1.75. The number of hydrogen-bond donors (Lipinski definition) is 1. The monoisotopic (exact) mass is 251 g/mol. The fraction of sp³-hybridized carbons (Fsp3) is 0.500. The molecule has 1 atom stereocenters. The highest BCUT2D eigenvalue weighted by atomic mass is 16.6. The zero-order valence-electron chi connectivity index (χ0n) is 11.2. The molecule has 0 aliphatic carbocycles. The van der Waals surface area contributed by atoms with E-state index >= 15 is 0 Å². The van der Waals surface area contributed by atoms with Gasteiger partial charge in [0.1, 0.15) is 5.75 Å². The van der Waals surface area contributed by atoms with Crippen LogP contribution < -0.4 is 10.1 Å². The van der Waals surface area contributed by atoms with Crippen LogP contribution in [-0.4, -0.2) is 26.2 Å². The maximum atomic E-state index is 11.1. The van der Waals surface area contributed by atoms with E-state index in [9.17, 15) is 4.79 Å². The van der Waals surface area contributed by atoms with Gasteiger partial charge in [-0.2, -0.15) is 0 Å². The maximum absolute atomic E-state index is 11.1. The molecule has 1 N–H and O–H groups in total. The summed E-state index contributed by atoms with van der Waals surface area (Å²) in [6, 6.07) is 8.10. The first-order chi connectivity index (χ1) is 8.71. The summed E-state index contributed by atoms with van der Waals surface area (Å²) in [4.78, 5) is 11.1. The predicted octanol–water partition coefficient (Wildman–Crippen LogP) is 2.30. The van der Waals surface area contributed by atoms with Crippen LogP contribution in [-0.2, 0) is 9.53 Å². The SMILES string of the molecule is CCOC(=O)COc1ccc(C(CC)NC)cc1. The number of esters is 1. The number of hydrogen-bond acceptors (Lipinski definition) is 4. The van der Waals surface area contributed by atoms with Crippen molar-refractivity contribution in [1.82, 2.24) is 5.32 Å². The number of carbonyl (C=O) groups excluding carboxylic acids is 1. The molecule has 1 rings (SSSR count). The molecule has 0 aromatic heterocycles. The second-order valence-electron chi connectivity index (χ2n) is 3.91. The fourth-order valence-electron chi connectivity index (χ4n) is 1.75. The van der Waals surface area contributed by atoms with Crippen LogP contribution >= 0.6 is 0 Å². The molecule has 0 bridgehead atoms. The summed E-state index contributed by atoms with van der Waals surface area (Å²) in [6.07, 6.45) is 1.03. The highest BCUT2D eigenvalue weighted by Gasteiger charge is 2.07. The van der Waals surface area contributed by atoms with E-state index in [1.165, 1.54) is 5.56 Å². The van der Waals surface area contributed by atoms with Gasteiger partial charge in [0.25, 0.3) is 0 Å². The Morgan fingerprint density at radius 3 is 2.44 bits per heavy atom. The number of nitrogens with one attached hydrogen (secondary N) is 1. The van der Waals surface area contributed by atoms with Gasteiger partial charge >= 0.3 is 5.97 Å². The summed E-state index contributed by atoms with van der Waals surface area (Å²) in [5.74, 6) is 0.334. The minimum Gasteiger partial charge on any atom is -0.482 e. The van der Waals surface area contributed by atoms with Crippen LogP contribution in [0, 0.1) is 0 Å². The number of ether oxygens (including phenoxy) is 2. The summed E-state index contributed by atoms with van der Waals surface area (Å²) in [5.41, 5.74) is 1.21. The Bertz CT molecular complexity index is 358. The molecule has 0 amide bonds. The lowest BCUT2D eigenvalue weighted by molar-refractivity contribution is -0.145. The van der Waals surface area contributed by atoms with Crippen LogP contribution in [0.25, 0.3) is 0 Å². The largest absolute Gasteiger partial charge is 0.482 e. The van der Waals surface area contributed by atoms with Crippen LogP contribution in [0.15, 0.2) is 24.3 Å². The van der Waals surface area contributed by atoms with Crippen molar-refractivity contribution in [3.63, 3.8) is 0 Å². The zero-order valence-corrected chi connectivity index (χ0v) is 11.2. The van der Waals surface area contributed by atoms with E-state index in [0.29, 0.717) is 18.4 Å². The van der Waals surface area contributed by atoms with E-state index in [4.69, 9.17) is 9.47 Å². The Hall–Kier alpha value is -1.55. The lowest BCUT2D eigenvalue weighted by Gasteiger charge is -2.14. The van der Waals surface area contributed by atoms with Gasteiger partial charge in [0, 0.05) is 6.04 Å². The predicted molar refractivity (Wildman–Crippen MR) is 70.7 cm³/mol. The second kappa shape index (κ2) is 7.71. The molecule has 0 spiro atoms. The van der Waals surface area contributed by atoms with Gasteiger partial charge in [-0.3, -0.25) is 0 Å². The van der Waals surface area contributed by atoms with Crippen molar-refractivity contribution in [2.24, 2.45) is 0 Å². The minimum atomic E-state index is -0.344. The second-order valence-corrected chi connectivity index (χ2v) is 3.91. The topological polar surface area (TPSA) is 47.6 Å². The third-order valence-electron chi connectivity index (χ3n) is 2.70. The molecule has 0 saturated heterocycles. The Kier molecular flexibility index (Phi) is 6.22. The molecule has 0 saturated carbocycles. The first-order valence-corrected chi connectivity index (χ1v) is 6.26. The van der Waals surface area contributed by atoms with E-state index < -0.39 is 0 Å². The number of benzene rings is 1. The molecule has 1 unspecified atom stereocenters. The number of rotatable bonds is 7. The molecule has 4 nitrogen and oxygen atoms in total. The minimum absolute atomic E-state index is 0.0452. The van der Waals surface area contributed by atoms with E-state index in [1.807, 2.05) is 31.3 Å². The van der Waals surface area contributed by atoms with E-state index in [0.717, 1.165) is 6.42 Å². The average molecular weight is 251 g/mol. The average Bonchev–Trinajstić information content (AvgIpc) is 2.39. The van der Waals surface area contributed by atoms with Crippen molar-refractivity contribution in [2.75, 3.05) is 20.3 Å². The number of carbonyl (C=O) groups is 1. The van der Waals surface area contributed by atoms with Crippen molar-refractivity contribution >= 4 is 5.97 Å². The Morgan fingerprint density at radius 2 is 1.94 bits per heavy atom. The molecule has 100 valence electrons. The van der Waals surface area contributed by atoms with Gasteiger partial charge in [-0.05, 0) is 38.1 Å². The van der Waals surface area contributed by atoms with Gasteiger partial charge in [0.15, 0.2) is 6.61 Å². The third-order valence-corrected chi connectivity index (χ3v) is 2.70. The smallest absolute Gasteiger partial charge is 0.344 e. The van der Waals surface area contributed by atoms with Gasteiger partial charge in [-0.1, -0.05) is 19.1 Å². The zero-order chi connectivity index (χ0) is 13.4. The Morgan fingerprint density at radius 1 is 1.28 bits per heavy atom.